The molecule has 5 aliphatic rings. The van der Waals surface area contributed by atoms with Crippen molar-refractivity contribution in [2.75, 3.05) is 0 Å². The number of carboxylic acid groups (broad SMARTS) is 1. The molecule has 0 aromatic rings. The van der Waals surface area contributed by atoms with E-state index in [4.69, 9.17) is 9.47 Å². The third kappa shape index (κ3) is 6.32. The van der Waals surface area contributed by atoms with Crippen LogP contribution in [0.5, 0.6) is 0 Å². The number of aliphatic carboxylic acids is 1. The molecule has 5 rings (SSSR count). The second kappa shape index (κ2) is 12.5. The minimum atomic E-state index is -6.07. The Balaban J connectivity index is 1.31. The summed E-state index contributed by atoms with van der Waals surface area (Å²) in [5.74, 6) is -13.3. The largest absolute Gasteiger partial charge is 0.510 e. The van der Waals surface area contributed by atoms with E-state index in [9.17, 15) is 55.4 Å². The first kappa shape index (κ1) is 38.1. The first-order valence-corrected chi connectivity index (χ1v) is 16.8. The van der Waals surface area contributed by atoms with E-state index in [1.165, 1.54) is 27.7 Å². The molecule has 17 heteroatoms. The molecule has 1 aliphatic heterocycles. The Hall–Kier alpha value is -3.14. The van der Waals surface area contributed by atoms with Crippen molar-refractivity contribution in [1.29, 1.82) is 0 Å². The van der Waals surface area contributed by atoms with Crippen molar-refractivity contribution >= 4 is 30.0 Å². The smallest absolute Gasteiger partial charge is 0.481 e. The molecule has 12 unspecified atom stereocenters. The molecule has 282 valence electrons. The summed E-state index contributed by atoms with van der Waals surface area (Å²) < 4.78 is 121. The van der Waals surface area contributed by atoms with Crippen molar-refractivity contribution in [1.82, 2.24) is 0 Å². The lowest BCUT2D eigenvalue weighted by Gasteiger charge is -2.40. The van der Waals surface area contributed by atoms with Crippen LogP contribution in [0.3, 0.4) is 0 Å². The van der Waals surface area contributed by atoms with Gasteiger partial charge in [0.2, 0.25) is 5.67 Å². The molecule has 1 N–H and O–H groups in total. The normalized spacial score (nSPS) is 36.7. The van der Waals surface area contributed by atoms with Crippen molar-refractivity contribution < 1.29 is 78.8 Å². The van der Waals surface area contributed by atoms with Crippen LogP contribution in [0, 0.1) is 59.2 Å². The van der Waals surface area contributed by atoms with Crippen LogP contribution >= 0.6 is 0 Å². The summed E-state index contributed by atoms with van der Waals surface area (Å²) in [5.41, 5.74) is -9.40. The summed E-state index contributed by atoms with van der Waals surface area (Å²) in [5, 5.41) is 9.59. The van der Waals surface area contributed by atoms with Gasteiger partial charge in [-0.25, -0.2) is 14.0 Å². The van der Waals surface area contributed by atoms with Crippen LogP contribution in [0.15, 0.2) is 0 Å². The molecule has 12 atom stereocenters. The SMILES string of the molecule is CCC(F)(C(=O)OC1CC2CC1CC2CC(OC(=O)OC(C)(C)C)(C(F)(F)F)C(F)(F)F)C1C(=O)OC(=O)C1C1C2CC(C(=O)O)C(C2)C1C. The minimum absolute atomic E-state index is 0.0479. The molecule has 5 fully saturated rings. The van der Waals surface area contributed by atoms with E-state index in [1.807, 2.05) is 0 Å². The zero-order valence-electron chi connectivity index (χ0n) is 28.1. The van der Waals surface area contributed by atoms with Crippen LogP contribution in [0.4, 0.5) is 35.5 Å². The zero-order chi connectivity index (χ0) is 37.5. The predicted octanol–water partition coefficient (Wildman–Crippen LogP) is 6.58. The van der Waals surface area contributed by atoms with Gasteiger partial charge in [-0.3, -0.25) is 14.4 Å². The van der Waals surface area contributed by atoms with Crippen LogP contribution in [-0.4, -0.2) is 70.5 Å². The van der Waals surface area contributed by atoms with E-state index in [-0.39, 0.29) is 37.5 Å². The van der Waals surface area contributed by atoms with Gasteiger partial charge in [0.05, 0.1) is 11.8 Å². The monoisotopic (exact) mass is 730 g/mol. The second-order valence-electron chi connectivity index (χ2n) is 15.8. The van der Waals surface area contributed by atoms with Gasteiger partial charge in [-0.1, -0.05) is 13.8 Å². The molecule has 10 nitrogen and oxygen atoms in total. The van der Waals surface area contributed by atoms with Crippen molar-refractivity contribution in [2.45, 2.75) is 115 Å². The van der Waals surface area contributed by atoms with Gasteiger partial charge in [-0.15, -0.1) is 0 Å². The summed E-state index contributed by atoms with van der Waals surface area (Å²) in [6.45, 7) is 6.69. The van der Waals surface area contributed by atoms with Gasteiger partial charge in [0.1, 0.15) is 17.6 Å². The zero-order valence-corrected chi connectivity index (χ0v) is 28.1. The number of alkyl halides is 7. The highest BCUT2D eigenvalue weighted by Crippen LogP contribution is 2.61. The molecule has 4 bridgehead atoms. The first-order chi connectivity index (χ1) is 22.8. The number of ether oxygens (including phenoxy) is 4. The van der Waals surface area contributed by atoms with Gasteiger partial charge in [0.25, 0.3) is 0 Å². The highest BCUT2D eigenvalue weighted by atomic mass is 19.4. The predicted molar refractivity (Wildman–Crippen MR) is 153 cm³/mol. The fourth-order valence-electron chi connectivity index (χ4n) is 9.78. The Morgan fingerprint density at radius 2 is 1.46 bits per heavy atom. The van der Waals surface area contributed by atoms with Gasteiger partial charge < -0.3 is 24.1 Å². The van der Waals surface area contributed by atoms with E-state index >= 15 is 4.39 Å². The fourth-order valence-corrected chi connectivity index (χ4v) is 9.78. The number of fused-ring (bicyclic) bond motifs is 4. The molecular formula is C33H41F7O10. The molecule has 0 aromatic carbocycles. The Morgan fingerprint density at radius 1 is 0.840 bits per heavy atom. The lowest BCUT2D eigenvalue weighted by atomic mass is 9.64. The molecule has 0 aromatic heterocycles. The highest BCUT2D eigenvalue weighted by molar-refractivity contribution is 6.01. The average molecular weight is 731 g/mol. The molecule has 50 heavy (non-hydrogen) atoms. The summed E-state index contributed by atoms with van der Waals surface area (Å²) in [7, 11) is 0. The fraction of sp³-hybridized carbons (Fsp3) is 0.848. The molecule has 1 saturated heterocycles. The molecule has 4 aliphatic carbocycles. The van der Waals surface area contributed by atoms with Crippen molar-refractivity contribution in [3.05, 3.63) is 0 Å². The van der Waals surface area contributed by atoms with Crippen LogP contribution in [0.1, 0.15) is 79.6 Å². The number of carbonyl (C=O) groups is 5. The van der Waals surface area contributed by atoms with Crippen molar-refractivity contribution in [3.8, 4) is 0 Å². The maximum Gasteiger partial charge on any atom is 0.510 e. The lowest BCUT2D eigenvalue weighted by molar-refractivity contribution is -0.374. The van der Waals surface area contributed by atoms with E-state index in [1.54, 1.807) is 6.92 Å². The van der Waals surface area contributed by atoms with Gasteiger partial charge in [-0.05, 0) is 101 Å². The maximum atomic E-state index is 16.9. The van der Waals surface area contributed by atoms with E-state index < -0.39 is 126 Å². The van der Waals surface area contributed by atoms with E-state index in [0.29, 0.717) is 6.42 Å². The van der Waals surface area contributed by atoms with Crippen LogP contribution in [-0.2, 0) is 38.1 Å². The van der Waals surface area contributed by atoms with Crippen molar-refractivity contribution in [2.24, 2.45) is 59.2 Å². The summed E-state index contributed by atoms with van der Waals surface area (Å²) in [4.78, 5) is 63.4. The maximum absolute atomic E-state index is 16.9. The van der Waals surface area contributed by atoms with E-state index in [2.05, 4.69) is 9.47 Å². The number of hydrogen-bond acceptors (Lipinski definition) is 9. The van der Waals surface area contributed by atoms with Crippen molar-refractivity contribution in [3.63, 3.8) is 0 Å². The number of hydrogen-bond donors (Lipinski definition) is 1. The van der Waals surface area contributed by atoms with Gasteiger partial charge in [0, 0.05) is 6.42 Å². The third-order valence-electron chi connectivity index (χ3n) is 11.9. The lowest BCUT2D eigenvalue weighted by Crippen LogP contribution is -2.61. The Bertz CT molecular complexity index is 1390. The standard InChI is InChI=1S/C33H41F7O10/c1-6-30(34,23-22(25(43)48-26(23)44)21-13(2)18-9-16(21)10-19(18)24(41)42)27(45)47-20-11-14-7-15(20)8-17(14)12-31(32(35,36)37,33(38,39)40)50-28(46)49-29(3,4)5/h13-23H,6-12H2,1-5H3,(H,41,42). The number of carboxylic acids is 1. The highest BCUT2D eigenvalue weighted by Gasteiger charge is 2.76. The second-order valence-corrected chi connectivity index (χ2v) is 15.8. The number of rotatable bonds is 9. The number of carbonyl (C=O) groups excluding carboxylic acids is 4. The Morgan fingerprint density at radius 3 is 1.94 bits per heavy atom. The average Bonchev–Trinajstić information content (AvgIpc) is 3.77. The van der Waals surface area contributed by atoms with Gasteiger partial charge >= 0.3 is 48.0 Å². The molecular weight excluding hydrogens is 689 g/mol. The molecule has 1 heterocycles. The summed E-state index contributed by atoms with van der Waals surface area (Å²) >= 11 is 0. The van der Waals surface area contributed by atoms with Crippen LogP contribution < -0.4 is 0 Å². The third-order valence-corrected chi connectivity index (χ3v) is 11.9. The number of esters is 3. The topological polar surface area (TPSA) is 142 Å². The van der Waals surface area contributed by atoms with Gasteiger partial charge in [0.15, 0.2) is 0 Å². The molecule has 0 radical (unpaired) electrons. The van der Waals surface area contributed by atoms with E-state index in [0.717, 1.165) is 0 Å². The molecule has 0 spiro atoms. The summed E-state index contributed by atoms with van der Waals surface area (Å²) in [6.07, 6.45) is -17.5. The Kier molecular flexibility index (Phi) is 9.54. The minimum Gasteiger partial charge on any atom is -0.481 e. The first-order valence-electron chi connectivity index (χ1n) is 16.8. The number of cyclic esters (lactones) is 2. The molecule has 4 saturated carbocycles. The summed E-state index contributed by atoms with van der Waals surface area (Å²) in [6, 6.07) is 0. The van der Waals surface area contributed by atoms with Gasteiger partial charge in [-0.2, -0.15) is 26.3 Å². The Labute approximate surface area is 283 Å². The number of halogens is 7. The molecule has 0 amide bonds. The quantitative estimate of drug-likeness (QED) is 0.120. The van der Waals surface area contributed by atoms with Crippen LogP contribution in [0.2, 0.25) is 0 Å². The van der Waals surface area contributed by atoms with Crippen LogP contribution in [0.25, 0.3) is 0 Å².